The lowest BCUT2D eigenvalue weighted by molar-refractivity contribution is -0.120. The Hall–Kier alpha value is -1.57. The average molecular weight is 241 g/mol. The van der Waals surface area contributed by atoms with Gasteiger partial charge in [-0.05, 0) is 50.3 Å². The fourth-order valence-corrected chi connectivity index (χ4v) is 3.19. The lowest BCUT2D eigenvalue weighted by atomic mass is 9.96. The number of nitrogens with one attached hydrogen (secondary N) is 1. The molecule has 0 aliphatic heterocycles. The molecule has 2 aromatic rings. The molecule has 0 saturated heterocycles. The summed E-state index contributed by atoms with van der Waals surface area (Å²) in [5.74, 6) is 0.707. The van der Waals surface area contributed by atoms with E-state index in [4.69, 9.17) is 0 Å². The Labute approximate surface area is 107 Å². The van der Waals surface area contributed by atoms with Crippen molar-refractivity contribution in [2.45, 2.75) is 39.5 Å². The molecule has 0 spiro atoms. The van der Waals surface area contributed by atoms with Gasteiger partial charge in [-0.1, -0.05) is 11.6 Å². The zero-order valence-corrected chi connectivity index (χ0v) is 11.0. The van der Waals surface area contributed by atoms with Crippen LogP contribution in [0, 0.1) is 19.8 Å². The molecule has 1 heterocycles. The maximum absolute atomic E-state index is 11.8. The minimum Gasteiger partial charge on any atom is -0.361 e. The molecule has 3 rings (SSSR count). The molecule has 1 saturated carbocycles. The first kappa shape index (κ1) is 11.5. The number of ketones is 1. The molecular weight excluding hydrogens is 222 g/mol. The van der Waals surface area contributed by atoms with Crippen LogP contribution in [-0.4, -0.2) is 10.8 Å². The lowest BCUT2D eigenvalue weighted by Gasteiger charge is -2.07. The van der Waals surface area contributed by atoms with E-state index in [1.54, 1.807) is 0 Å². The van der Waals surface area contributed by atoms with Gasteiger partial charge in [-0.15, -0.1) is 0 Å². The summed E-state index contributed by atoms with van der Waals surface area (Å²) in [4.78, 5) is 15.1. The number of aryl methyl sites for hydroxylation is 2. The number of benzene rings is 1. The van der Waals surface area contributed by atoms with E-state index < -0.39 is 0 Å². The first-order chi connectivity index (χ1) is 8.65. The molecule has 1 fully saturated rings. The molecule has 2 heteroatoms. The van der Waals surface area contributed by atoms with Crippen LogP contribution in [-0.2, 0) is 11.2 Å². The lowest BCUT2D eigenvalue weighted by Crippen LogP contribution is -2.09. The summed E-state index contributed by atoms with van der Waals surface area (Å²) in [7, 11) is 0. The summed E-state index contributed by atoms with van der Waals surface area (Å²) in [5, 5.41) is 1.30. The molecule has 0 amide bonds. The van der Waals surface area contributed by atoms with Crippen LogP contribution in [0.5, 0.6) is 0 Å². The second-order valence-corrected chi connectivity index (χ2v) is 5.58. The van der Waals surface area contributed by atoms with Crippen LogP contribution in [0.15, 0.2) is 18.3 Å². The molecule has 2 nitrogen and oxygen atoms in total. The highest BCUT2D eigenvalue weighted by Gasteiger charge is 2.25. The summed E-state index contributed by atoms with van der Waals surface area (Å²) >= 11 is 0. The summed E-state index contributed by atoms with van der Waals surface area (Å²) < 4.78 is 0. The van der Waals surface area contributed by atoms with Crippen LogP contribution in [0.4, 0.5) is 0 Å². The van der Waals surface area contributed by atoms with Crippen molar-refractivity contribution in [1.29, 1.82) is 0 Å². The number of fused-ring (bicyclic) bond motifs is 1. The van der Waals surface area contributed by atoms with Crippen molar-refractivity contribution in [3.05, 3.63) is 35.0 Å². The molecule has 94 valence electrons. The molecule has 1 aliphatic rings. The molecule has 18 heavy (non-hydrogen) atoms. The van der Waals surface area contributed by atoms with Gasteiger partial charge in [-0.3, -0.25) is 4.79 Å². The Balaban J connectivity index is 1.99. The van der Waals surface area contributed by atoms with Crippen molar-refractivity contribution in [1.82, 2.24) is 4.98 Å². The fourth-order valence-electron chi connectivity index (χ4n) is 3.19. The minimum absolute atomic E-state index is 0.254. The van der Waals surface area contributed by atoms with Gasteiger partial charge in [0.1, 0.15) is 5.78 Å². The van der Waals surface area contributed by atoms with Gasteiger partial charge in [0.2, 0.25) is 0 Å². The van der Waals surface area contributed by atoms with Crippen LogP contribution in [0.25, 0.3) is 10.9 Å². The summed E-state index contributed by atoms with van der Waals surface area (Å²) in [5.41, 5.74) is 5.10. The summed E-state index contributed by atoms with van der Waals surface area (Å²) in [6.07, 6.45) is 5.91. The number of aromatic amines is 1. The van der Waals surface area contributed by atoms with Gasteiger partial charge >= 0.3 is 0 Å². The number of carbonyl (C=O) groups excluding carboxylic acids is 1. The summed E-state index contributed by atoms with van der Waals surface area (Å²) in [6, 6.07) is 4.43. The van der Waals surface area contributed by atoms with Crippen LogP contribution in [0.3, 0.4) is 0 Å². The first-order valence-corrected chi connectivity index (χ1v) is 6.75. The number of rotatable bonds is 2. The Morgan fingerprint density at radius 2 is 2.17 bits per heavy atom. The largest absolute Gasteiger partial charge is 0.361 e. The summed E-state index contributed by atoms with van der Waals surface area (Å²) in [6.45, 7) is 4.26. The molecule has 0 bridgehead atoms. The molecule has 1 atom stereocenters. The van der Waals surface area contributed by atoms with Gasteiger partial charge in [0, 0.05) is 29.4 Å². The maximum Gasteiger partial charge on any atom is 0.136 e. The third kappa shape index (κ3) is 1.86. The van der Waals surface area contributed by atoms with Crippen molar-refractivity contribution in [3.63, 3.8) is 0 Å². The van der Waals surface area contributed by atoms with E-state index in [2.05, 4.69) is 37.2 Å². The van der Waals surface area contributed by atoms with E-state index in [-0.39, 0.29) is 5.92 Å². The van der Waals surface area contributed by atoms with E-state index in [1.807, 2.05) is 0 Å². The third-order valence-electron chi connectivity index (χ3n) is 4.11. The van der Waals surface area contributed by atoms with E-state index >= 15 is 0 Å². The predicted octanol–water partition coefficient (Wildman–Crippen LogP) is 3.70. The number of hydrogen-bond acceptors (Lipinski definition) is 1. The van der Waals surface area contributed by atoms with Crippen LogP contribution >= 0.6 is 0 Å². The number of hydrogen-bond donors (Lipinski definition) is 1. The Morgan fingerprint density at radius 3 is 2.89 bits per heavy atom. The zero-order chi connectivity index (χ0) is 12.7. The molecular formula is C16H19NO. The second kappa shape index (κ2) is 4.27. The average Bonchev–Trinajstić information content (AvgIpc) is 2.88. The molecule has 1 N–H and O–H groups in total. The van der Waals surface area contributed by atoms with Crippen molar-refractivity contribution in [2.24, 2.45) is 5.92 Å². The second-order valence-electron chi connectivity index (χ2n) is 5.58. The Kier molecular flexibility index (Phi) is 2.73. The SMILES string of the molecule is Cc1cc(C)c2[nH]cc(CC3CCCC3=O)c2c1. The highest BCUT2D eigenvalue weighted by atomic mass is 16.1. The normalized spacial score (nSPS) is 19.9. The smallest absolute Gasteiger partial charge is 0.136 e. The number of Topliss-reactive ketones (excluding diaryl/α,β-unsaturated/α-hetero) is 1. The maximum atomic E-state index is 11.8. The molecule has 1 aromatic heterocycles. The topological polar surface area (TPSA) is 32.9 Å². The monoisotopic (exact) mass is 241 g/mol. The molecule has 0 radical (unpaired) electrons. The van der Waals surface area contributed by atoms with Crippen molar-refractivity contribution in [2.75, 3.05) is 0 Å². The predicted molar refractivity (Wildman–Crippen MR) is 73.8 cm³/mol. The van der Waals surface area contributed by atoms with Crippen LogP contribution in [0.2, 0.25) is 0 Å². The quantitative estimate of drug-likeness (QED) is 0.854. The Bertz CT molecular complexity index is 609. The van der Waals surface area contributed by atoms with Crippen LogP contribution in [0.1, 0.15) is 36.0 Å². The van der Waals surface area contributed by atoms with Gasteiger partial charge in [-0.2, -0.15) is 0 Å². The standard InChI is InChI=1S/C16H19NO/c1-10-6-11(2)16-14(7-10)13(9-17-16)8-12-4-3-5-15(12)18/h6-7,9,12,17H,3-5,8H2,1-2H3. The minimum atomic E-state index is 0.254. The van der Waals surface area contributed by atoms with Crippen molar-refractivity contribution < 1.29 is 4.79 Å². The molecule has 1 aliphatic carbocycles. The van der Waals surface area contributed by atoms with Gasteiger partial charge < -0.3 is 4.98 Å². The number of carbonyl (C=O) groups is 1. The van der Waals surface area contributed by atoms with Crippen molar-refractivity contribution >= 4 is 16.7 Å². The highest BCUT2D eigenvalue weighted by Crippen LogP contribution is 2.29. The van der Waals surface area contributed by atoms with Gasteiger partial charge in [0.05, 0.1) is 0 Å². The Morgan fingerprint density at radius 1 is 1.33 bits per heavy atom. The van der Waals surface area contributed by atoms with Gasteiger partial charge in [0.25, 0.3) is 0 Å². The van der Waals surface area contributed by atoms with Crippen molar-refractivity contribution in [3.8, 4) is 0 Å². The van der Waals surface area contributed by atoms with E-state index in [9.17, 15) is 4.79 Å². The van der Waals surface area contributed by atoms with E-state index in [0.717, 1.165) is 25.7 Å². The first-order valence-electron chi connectivity index (χ1n) is 6.75. The van der Waals surface area contributed by atoms with E-state index in [1.165, 1.54) is 27.6 Å². The molecule has 1 unspecified atom stereocenters. The third-order valence-corrected chi connectivity index (χ3v) is 4.11. The van der Waals surface area contributed by atoms with Crippen LogP contribution < -0.4 is 0 Å². The van der Waals surface area contributed by atoms with Gasteiger partial charge in [0.15, 0.2) is 0 Å². The highest BCUT2D eigenvalue weighted by molar-refractivity contribution is 5.88. The zero-order valence-electron chi connectivity index (χ0n) is 11.0. The molecule has 1 aromatic carbocycles. The number of H-pyrrole nitrogens is 1. The van der Waals surface area contributed by atoms with E-state index in [0.29, 0.717) is 5.78 Å². The fraction of sp³-hybridized carbons (Fsp3) is 0.438. The number of aromatic nitrogens is 1. The van der Waals surface area contributed by atoms with Gasteiger partial charge in [-0.25, -0.2) is 0 Å².